The Bertz CT molecular complexity index is 807. The number of anilines is 1. The third kappa shape index (κ3) is 4.80. The lowest BCUT2D eigenvalue weighted by Crippen LogP contribution is -2.13. The summed E-state index contributed by atoms with van der Waals surface area (Å²) >= 11 is 0. The van der Waals surface area contributed by atoms with Crippen molar-refractivity contribution in [3.63, 3.8) is 0 Å². The minimum Gasteiger partial charge on any atom is -0.494 e. The monoisotopic (exact) mass is 349 g/mol. The highest BCUT2D eigenvalue weighted by Crippen LogP contribution is 2.22. The smallest absolute Gasteiger partial charge is 0.130 e. The van der Waals surface area contributed by atoms with Crippen LogP contribution in [0.25, 0.3) is 11.3 Å². The maximum Gasteiger partial charge on any atom is 0.130 e. The number of nitrogens with one attached hydrogen (secondary N) is 1. The Hall–Kier alpha value is -2.92. The molecule has 0 aliphatic rings. The van der Waals surface area contributed by atoms with Crippen LogP contribution in [0.4, 0.5) is 5.82 Å². The molecular formula is C21H23N3O2. The molecule has 5 heteroatoms. The lowest BCUT2D eigenvalue weighted by molar-refractivity contribution is 0.191. The molecule has 0 bridgehead atoms. The molecule has 26 heavy (non-hydrogen) atoms. The van der Waals surface area contributed by atoms with Gasteiger partial charge in [-0.3, -0.25) is 0 Å². The average Bonchev–Trinajstić information content (AvgIpc) is 2.71. The molecule has 0 fully saturated rings. The minimum atomic E-state index is -0.593. The molecule has 2 N–H and O–H groups in total. The maximum atomic E-state index is 10.2. The summed E-state index contributed by atoms with van der Waals surface area (Å²) in [5.41, 5.74) is 2.68. The van der Waals surface area contributed by atoms with Gasteiger partial charge in [0.05, 0.1) is 18.4 Å². The normalized spacial score (nSPS) is 11.8. The topological polar surface area (TPSA) is 67.3 Å². The van der Waals surface area contributed by atoms with E-state index in [1.54, 1.807) is 0 Å². The molecule has 1 aromatic heterocycles. The van der Waals surface area contributed by atoms with Crippen molar-refractivity contribution in [3.8, 4) is 17.0 Å². The highest BCUT2D eigenvalue weighted by molar-refractivity contribution is 5.62. The Morgan fingerprint density at radius 2 is 1.81 bits per heavy atom. The van der Waals surface area contributed by atoms with Gasteiger partial charge in [0.1, 0.15) is 17.9 Å². The van der Waals surface area contributed by atoms with Crippen LogP contribution < -0.4 is 10.1 Å². The van der Waals surface area contributed by atoms with Crippen LogP contribution in [0, 0.1) is 0 Å². The second-order valence-electron chi connectivity index (χ2n) is 5.97. The van der Waals surface area contributed by atoms with Gasteiger partial charge < -0.3 is 15.2 Å². The molecule has 5 nitrogen and oxygen atoms in total. The van der Waals surface area contributed by atoms with Crippen LogP contribution in [0.15, 0.2) is 67.0 Å². The van der Waals surface area contributed by atoms with Crippen molar-refractivity contribution in [1.82, 2.24) is 9.97 Å². The van der Waals surface area contributed by atoms with Gasteiger partial charge in [-0.15, -0.1) is 0 Å². The highest BCUT2D eigenvalue weighted by Gasteiger charge is 2.08. The van der Waals surface area contributed by atoms with Gasteiger partial charge in [0.25, 0.3) is 0 Å². The van der Waals surface area contributed by atoms with E-state index in [0.29, 0.717) is 19.0 Å². The van der Waals surface area contributed by atoms with E-state index >= 15 is 0 Å². The Balaban J connectivity index is 1.64. The Kier molecular flexibility index (Phi) is 6.17. The molecule has 1 heterocycles. The van der Waals surface area contributed by atoms with Gasteiger partial charge in [0, 0.05) is 18.2 Å². The standard InChI is InChI=1S/C21H23N3O2/c1-2-12-26-18-10-8-16(9-11-18)19-13-21(24-15-23-19)22-14-20(25)17-6-4-3-5-7-17/h3-11,13,15,20,25H,2,12,14H2,1H3,(H,22,23,24)/t20-/m0/s1. The minimum absolute atomic E-state index is 0.379. The second-order valence-corrected chi connectivity index (χ2v) is 5.97. The zero-order valence-electron chi connectivity index (χ0n) is 14.8. The van der Waals surface area contributed by atoms with Crippen LogP contribution in [0.1, 0.15) is 25.0 Å². The molecule has 134 valence electrons. The molecule has 0 radical (unpaired) electrons. The zero-order valence-corrected chi connectivity index (χ0v) is 14.8. The summed E-state index contributed by atoms with van der Waals surface area (Å²) in [7, 11) is 0. The Morgan fingerprint density at radius 3 is 2.54 bits per heavy atom. The van der Waals surface area contributed by atoms with Gasteiger partial charge in [0.15, 0.2) is 0 Å². The van der Waals surface area contributed by atoms with Crippen molar-refractivity contribution in [1.29, 1.82) is 0 Å². The van der Waals surface area contributed by atoms with Crippen molar-refractivity contribution in [3.05, 3.63) is 72.6 Å². The fraction of sp³-hybridized carbons (Fsp3) is 0.238. The molecule has 0 saturated carbocycles. The first kappa shape index (κ1) is 17.9. The van der Waals surface area contributed by atoms with E-state index in [4.69, 9.17) is 4.74 Å². The van der Waals surface area contributed by atoms with Gasteiger partial charge >= 0.3 is 0 Å². The molecule has 0 saturated heterocycles. The van der Waals surface area contributed by atoms with Crippen LogP contribution in [-0.4, -0.2) is 28.2 Å². The molecule has 3 aromatic rings. The van der Waals surface area contributed by atoms with Crippen molar-refractivity contribution in [2.45, 2.75) is 19.4 Å². The van der Waals surface area contributed by atoms with Gasteiger partial charge in [-0.05, 0) is 36.2 Å². The average molecular weight is 349 g/mol. The largest absolute Gasteiger partial charge is 0.494 e. The molecular weight excluding hydrogens is 326 g/mol. The summed E-state index contributed by atoms with van der Waals surface area (Å²) in [5, 5.41) is 13.4. The van der Waals surface area contributed by atoms with E-state index in [1.165, 1.54) is 6.33 Å². The van der Waals surface area contributed by atoms with E-state index in [1.807, 2.05) is 60.7 Å². The summed E-state index contributed by atoms with van der Waals surface area (Å²) in [4.78, 5) is 8.56. The molecule has 0 amide bonds. The SMILES string of the molecule is CCCOc1ccc(-c2cc(NC[C@H](O)c3ccccc3)ncn2)cc1. The van der Waals surface area contributed by atoms with Gasteiger partial charge in [0.2, 0.25) is 0 Å². The van der Waals surface area contributed by atoms with Crippen LogP contribution >= 0.6 is 0 Å². The Labute approximate surface area is 153 Å². The van der Waals surface area contributed by atoms with Crippen LogP contribution in [0.5, 0.6) is 5.75 Å². The van der Waals surface area contributed by atoms with E-state index in [-0.39, 0.29) is 0 Å². The van der Waals surface area contributed by atoms with Gasteiger partial charge in [-0.2, -0.15) is 0 Å². The first-order valence-electron chi connectivity index (χ1n) is 8.78. The fourth-order valence-corrected chi connectivity index (χ4v) is 2.55. The predicted octanol–water partition coefficient (Wildman–Crippen LogP) is 4.08. The molecule has 0 aliphatic carbocycles. The molecule has 0 aliphatic heterocycles. The number of hydrogen-bond acceptors (Lipinski definition) is 5. The number of aliphatic hydroxyl groups excluding tert-OH is 1. The second kappa shape index (κ2) is 8.97. The Morgan fingerprint density at radius 1 is 1.04 bits per heavy atom. The molecule has 2 aromatic carbocycles. The van der Waals surface area contributed by atoms with Crippen LogP contribution in [0.2, 0.25) is 0 Å². The lowest BCUT2D eigenvalue weighted by atomic mass is 10.1. The summed E-state index contributed by atoms with van der Waals surface area (Å²) in [5.74, 6) is 1.53. The number of benzene rings is 2. The molecule has 0 unspecified atom stereocenters. The number of aromatic nitrogens is 2. The van der Waals surface area contributed by atoms with E-state index in [0.717, 1.165) is 29.0 Å². The van der Waals surface area contributed by atoms with Crippen LogP contribution in [-0.2, 0) is 0 Å². The third-order valence-corrected chi connectivity index (χ3v) is 3.95. The lowest BCUT2D eigenvalue weighted by Gasteiger charge is -2.13. The predicted molar refractivity (Wildman–Crippen MR) is 103 cm³/mol. The number of rotatable bonds is 8. The van der Waals surface area contributed by atoms with E-state index in [2.05, 4.69) is 22.2 Å². The first-order valence-corrected chi connectivity index (χ1v) is 8.78. The summed E-state index contributed by atoms with van der Waals surface area (Å²) < 4.78 is 5.60. The van der Waals surface area contributed by atoms with Gasteiger partial charge in [-0.1, -0.05) is 37.3 Å². The summed E-state index contributed by atoms with van der Waals surface area (Å²) in [6, 6.07) is 19.3. The number of nitrogens with zero attached hydrogens (tertiary/aromatic N) is 2. The van der Waals surface area contributed by atoms with Crippen LogP contribution in [0.3, 0.4) is 0 Å². The van der Waals surface area contributed by atoms with Crippen molar-refractivity contribution >= 4 is 5.82 Å². The zero-order chi connectivity index (χ0) is 18.2. The first-order chi connectivity index (χ1) is 12.8. The summed E-state index contributed by atoms with van der Waals surface area (Å²) in [6.45, 7) is 3.17. The van der Waals surface area contributed by atoms with Crippen molar-refractivity contribution < 1.29 is 9.84 Å². The summed E-state index contributed by atoms with van der Waals surface area (Å²) in [6.07, 6.45) is 1.91. The number of aliphatic hydroxyl groups is 1. The molecule has 1 atom stereocenters. The van der Waals surface area contributed by atoms with Crippen molar-refractivity contribution in [2.24, 2.45) is 0 Å². The quantitative estimate of drug-likeness (QED) is 0.641. The third-order valence-electron chi connectivity index (χ3n) is 3.95. The van der Waals surface area contributed by atoms with Gasteiger partial charge in [-0.25, -0.2) is 9.97 Å². The highest BCUT2D eigenvalue weighted by atomic mass is 16.5. The van der Waals surface area contributed by atoms with E-state index < -0.39 is 6.10 Å². The number of ether oxygens (including phenoxy) is 1. The molecule has 0 spiro atoms. The van der Waals surface area contributed by atoms with E-state index in [9.17, 15) is 5.11 Å². The number of hydrogen-bond donors (Lipinski definition) is 2. The fourth-order valence-electron chi connectivity index (χ4n) is 2.55. The maximum absolute atomic E-state index is 10.2. The van der Waals surface area contributed by atoms with Crippen molar-refractivity contribution in [2.75, 3.05) is 18.5 Å². The molecule has 3 rings (SSSR count).